The number of rotatable bonds is 5. The van der Waals surface area contributed by atoms with Gasteiger partial charge in [-0.1, -0.05) is 20.8 Å². The highest BCUT2D eigenvalue weighted by Crippen LogP contribution is 2.18. The van der Waals surface area contributed by atoms with Crippen LogP contribution >= 0.6 is 0 Å². The summed E-state index contributed by atoms with van der Waals surface area (Å²) < 4.78 is 5.39. The number of amides is 1. The number of hydrogen-bond donors (Lipinski definition) is 1. The maximum absolute atomic E-state index is 11.9. The number of carbonyl (C=O) groups excluding carboxylic acids is 1. The molecule has 0 aromatic rings. The molecule has 0 saturated heterocycles. The zero-order valence-corrected chi connectivity index (χ0v) is 11.4. The normalized spacial score (nSPS) is 14.0. The third kappa shape index (κ3) is 5.47. The van der Waals surface area contributed by atoms with Gasteiger partial charge in [0, 0.05) is 13.6 Å². The van der Waals surface area contributed by atoms with E-state index in [1.807, 2.05) is 34.6 Å². The van der Waals surface area contributed by atoms with Gasteiger partial charge >= 0.3 is 0 Å². The summed E-state index contributed by atoms with van der Waals surface area (Å²) in [6.07, 6.45) is 0.194. The van der Waals surface area contributed by atoms with Gasteiger partial charge in [-0.05, 0) is 19.3 Å². The average molecular weight is 230 g/mol. The van der Waals surface area contributed by atoms with Gasteiger partial charge < -0.3 is 15.4 Å². The lowest BCUT2D eigenvalue weighted by Crippen LogP contribution is -2.49. The van der Waals surface area contributed by atoms with Crippen LogP contribution in [0, 0.1) is 5.41 Å². The molecule has 4 nitrogen and oxygen atoms in total. The molecule has 0 saturated carbocycles. The number of hydrogen-bond acceptors (Lipinski definition) is 3. The molecule has 4 heteroatoms. The van der Waals surface area contributed by atoms with E-state index in [2.05, 4.69) is 0 Å². The lowest BCUT2D eigenvalue weighted by molar-refractivity contribution is -0.134. The average Bonchev–Trinajstić information content (AvgIpc) is 2.13. The number of nitrogens with zero attached hydrogens (tertiary/aromatic N) is 1. The van der Waals surface area contributed by atoms with Crippen molar-refractivity contribution >= 4 is 5.91 Å². The van der Waals surface area contributed by atoms with Crippen LogP contribution in [0.1, 0.15) is 34.6 Å². The summed E-state index contributed by atoms with van der Waals surface area (Å²) in [5, 5.41) is 0. The van der Waals surface area contributed by atoms with Crippen molar-refractivity contribution in [2.75, 3.05) is 20.2 Å². The smallest absolute Gasteiger partial charge is 0.239 e. The molecule has 0 bridgehead atoms. The summed E-state index contributed by atoms with van der Waals surface area (Å²) >= 11 is 0. The van der Waals surface area contributed by atoms with Crippen molar-refractivity contribution in [1.82, 2.24) is 4.90 Å². The predicted molar refractivity (Wildman–Crippen MR) is 66.2 cm³/mol. The molecule has 0 radical (unpaired) electrons. The van der Waals surface area contributed by atoms with Crippen LogP contribution in [0.2, 0.25) is 0 Å². The van der Waals surface area contributed by atoms with Crippen LogP contribution in [0.15, 0.2) is 0 Å². The molecule has 0 aromatic heterocycles. The Balaban J connectivity index is 4.09. The maximum Gasteiger partial charge on any atom is 0.239 e. The van der Waals surface area contributed by atoms with Gasteiger partial charge in [0.1, 0.15) is 0 Å². The van der Waals surface area contributed by atoms with Gasteiger partial charge in [0.2, 0.25) is 5.91 Å². The van der Waals surface area contributed by atoms with Crippen LogP contribution < -0.4 is 5.73 Å². The van der Waals surface area contributed by atoms with Gasteiger partial charge in [-0.2, -0.15) is 0 Å². The van der Waals surface area contributed by atoms with E-state index in [1.165, 1.54) is 0 Å². The number of likely N-dealkylation sites (N-methyl/N-ethyl adjacent to an activating group) is 1. The quantitative estimate of drug-likeness (QED) is 0.773. The number of carbonyl (C=O) groups is 1. The molecular weight excluding hydrogens is 204 g/mol. The minimum Gasteiger partial charge on any atom is -0.377 e. The fraction of sp³-hybridized carbons (Fsp3) is 0.917. The van der Waals surface area contributed by atoms with Gasteiger partial charge in [-0.25, -0.2) is 0 Å². The number of nitrogens with two attached hydrogens (primary N) is 1. The standard InChI is InChI=1S/C12H26N2O2/c1-9(2)16-8-7-14(6)11(15)10(13)12(3,4)5/h9-10H,7-8,13H2,1-6H3. The second-order valence-electron chi connectivity index (χ2n) is 5.52. The van der Waals surface area contributed by atoms with Crippen LogP contribution in [-0.2, 0) is 9.53 Å². The molecule has 0 aliphatic heterocycles. The zero-order valence-electron chi connectivity index (χ0n) is 11.4. The van der Waals surface area contributed by atoms with Gasteiger partial charge in [-0.3, -0.25) is 4.79 Å². The summed E-state index contributed by atoms with van der Waals surface area (Å²) in [4.78, 5) is 13.5. The SMILES string of the molecule is CC(C)OCCN(C)C(=O)C(N)C(C)(C)C. The topological polar surface area (TPSA) is 55.6 Å². The molecule has 0 aromatic carbocycles. The van der Waals surface area contributed by atoms with Crippen molar-refractivity contribution in [3.63, 3.8) is 0 Å². The monoisotopic (exact) mass is 230 g/mol. The summed E-state index contributed by atoms with van der Waals surface area (Å²) in [5.74, 6) is -0.0279. The first-order valence-corrected chi connectivity index (χ1v) is 5.78. The minimum absolute atomic E-state index is 0.0279. The van der Waals surface area contributed by atoms with Gasteiger partial charge in [0.25, 0.3) is 0 Å². The Bertz CT molecular complexity index is 222. The van der Waals surface area contributed by atoms with Crippen molar-refractivity contribution in [3.05, 3.63) is 0 Å². The fourth-order valence-corrected chi connectivity index (χ4v) is 1.14. The Morgan fingerprint density at radius 2 is 1.88 bits per heavy atom. The second kappa shape index (κ2) is 6.21. The first-order chi connectivity index (χ1) is 7.16. The molecular formula is C12H26N2O2. The molecule has 16 heavy (non-hydrogen) atoms. The van der Waals surface area contributed by atoms with E-state index in [0.29, 0.717) is 13.2 Å². The van der Waals surface area contributed by atoms with Gasteiger partial charge in [0.15, 0.2) is 0 Å². The van der Waals surface area contributed by atoms with E-state index in [4.69, 9.17) is 10.5 Å². The minimum atomic E-state index is -0.462. The third-order valence-electron chi connectivity index (χ3n) is 2.45. The van der Waals surface area contributed by atoms with E-state index in [-0.39, 0.29) is 17.4 Å². The van der Waals surface area contributed by atoms with Crippen molar-refractivity contribution < 1.29 is 9.53 Å². The van der Waals surface area contributed by atoms with Gasteiger partial charge in [-0.15, -0.1) is 0 Å². The van der Waals surface area contributed by atoms with E-state index >= 15 is 0 Å². The van der Waals surface area contributed by atoms with Crippen molar-refractivity contribution in [2.24, 2.45) is 11.1 Å². The zero-order chi connectivity index (χ0) is 12.9. The summed E-state index contributed by atoms with van der Waals surface area (Å²) in [5.41, 5.74) is 5.69. The van der Waals surface area contributed by atoms with Crippen LogP contribution in [-0.4, -0.2) is 43.2 Å². The highest BCUT2D eigenvalue weighted by molar-refractivity contribution is 5.82. The van der Waals surface area contributed by atoms with Gasteiger partial charge in [0.05, 0.1) is 18.8 Å². The third-order valence-corrected chi connectivity index (χ3v) is 2.45. The largest absolute Gasteiger partial charge is 0.377 e. The van der Waals surface area contributed by atoms with E-state index < -0.39 is 6.04 Å². The van der Waals surface area contributed by atoms with E-state index in [9.17, 15) is 4.79 Å². The molecule has 2 N–H and O–H groups in total. The summed E-state index contributed by atoms with van der Waals surface area (Å²) in [7, 11) is 1.76. The Hall–Kier alpha value is -0.610. The van der Waals surface area contributed by atoms with Crippen LogP contribution in [0.3, 0.4) is 0 Å². The van der Waals surface area contributed by atoms with Crippen LogP contribution in [0.25, 0.3) is 0 Å². The molecule has 0 fully saturated rings. The van der Waals surface area contributed by atoms with Crippen molar-refractivity contribution in [3.8, 4) is 0 Å². The van der Waals surface area contributed by atoms with Crippen LogP contribution in [0.5, 0.6) is 0 Å². The van der Waals surface area contributed by atoms with Crippen molar-refractivity contribution in [1.29, 1.82) is 0 Å². The molecule has 1 atom stereocenters. The first-order valence-electron chi connectivity index (χ1n) is 5.78. The molecule has 0 aliphatic rings. The molecule has 0 spiro atoms. The second-order valence-corrected chi connectivity index (χ2v) is 5.52. The number of ether oxygens (including phenoxy) is 1. The molecule has 0 aliphatic carbocycles. The Morgan fingerprint density at radius 1 is 1.38 bits per heavy atom. The Labute approximate surface area is 99.1 Å². The fourth-order valence-electron chi connectivity index (χ4n) is 1.14. The summed E-state index contributed by atoms with van der Waals surface area (Å²) in [6, 6.07) is -0.462. The summed E-state index contributed by atoms with van der Waals surface area (Å²) in [6.45, 7) is 11.0. The highest BCUT2D eigenvalue weighted by Gasteiger charge is 2.29. The maximum atomic E-state index is 11.9. The van der Waals surface area contributed by atoms with Crippen molar-refractivity contribution in [2.45, 2.75) is 46.8 Å². The molecule has 0 heterocycles. The lowest BCUT2D eigenvalue weighted by atomic mass is 9.86. The van der Waals surface area contributed by atoms with Crippen LogP contribution in [0.4, 0.5) is 0 Å². The first kappa shape index (κ1) is 15.4. The molecule has 0 rings (SSSR count). The molecule has 96 valence electrons. The molecule has 1 unspecified atom stereocenters. The highest BCUT2D eigenvalue weighted by atomic mass is 16.5. The Morgan fingerprint density at radius 3 is 2.25 bits per heavy atom. The molecule has 1 amide bonds. The lowest BCUT2D eigenvalue weighted by Gasteiger charge is -2.30. The van der Waals surface area contributed by atoms with E-state index in [1.54, 1.807) is 11.9 Å². The van der Waals surface area contributed by atoms with E-state index in [0.717, 1.165) is 0 Å². The predicted octanol–water partition coefficient (Wildman–Crippen LogP) is 1.24. The Kier molecular flexibility index (Phi) is 5.97.